The van der Waals surface area contributed by atoms with Crippen LogP contribution in [-0.4, -0.2) is 48.1 Å². The monoisotopic (exact) mass is 756 g/mol. The quantitative estimate of drug-likeness (QED) is 0.145. The Kier molecular flexibility index (Phi) is 9.00. The molecule has 7 aromatic rings. The van der Waals surface area contributed by atoms with Crippen LogP contribution in [0, 0.1) is 11.6 Å². The first-order valence-corrected chi connectivity index (χ1v) is 19.5. The van der Waals surface area contributed by atoms with E-state index in [-0.39, 0.29) is 50.7 Å². The number of fused-ring (bicyclic) bond motifs is 2. The zero-order valence-corrected chi connectivity index (χ0v) is 30.0. The van der Waals surface area contributed by atoms with E-state index in [0.29, 0.717) is 27.8 Å². The molecule has 5 aromatic carbocycles. The van der Waals surface area contributed by atoms with Crippen LogP contribution in [0.1, 0.15) is 15.9 Å². The Balaban J connectivity index is 1.47. The van der Waals surface area contributed by atoms with Gasteiger partial charge in [0.05, 0.1) is 23.3 Å². The molecule has 0 spiro atoms. The average Bonchev–Trinajstić information content (AvgIpc) is 3.73. The summed E-state index contributed by atoms with van der Waals surface area (Å²) in [7, 11) is -5.09. The summed E-state index contributed by atoms with van der Waals surface area (Å²) in [5, 5.41) is 2.92. The van der Waals surface area contributed by atoms with E-state index in [4.69, 9.17) is 8.83 Å². The molecule has 0 saturated heterocycles. The van der Waals surface area contributed by atoms with Crippen molar-refractivity contribution in [3.05, 3.63) is 126 Å². The van der Waals surface area contributed by atoms with Crippen molar-refractivity contribution in [3.63, 3.8) is 0 Å². The number of benzene rings is 5. The Morgan fingerprint density at radius 1 is 0.811 bits per heavy atom. The minimum absolute atomic E-state index is 0.0648. The maximum atomic E-state index is 14.8. The predicted octanol–water partition coefficient (Wildman–Crippen LogP) is 7.55. The number of amides is 1. The number of nitrogens with zero attached hydrogens (tertiary/aromatic N) is 2. The normalized spacial score (nSPS) is 11.9. The number of hydrogen-bond donors (Lipinski definition) is 2. The lowest BCUT2D eigenvalue weighted by atomic mass is 9.95. The first-order valence-electron chi connectivity index (χ1n) is 16.0. The number of nitrogens with one attached hydrogen (secondary N) is 2. The second-order valence-corrected chi connectivity index (χ2v) is 15.9. The van der Waals surface area contributed by atoms with E-state index in [2.05, 4.69) is 15.0 Å². The van der Waals surface area contributed by atoms with Gasteiger partial charge in [0.2, 0.25) is 25.9 Å². The van der Waals surface area contributed by atoms with Gasteiger partial charge in [0, 0.05) is 47.9 Å². The summed E-state index contributed by atoms with van der Waals surface area (Å²) in [4.78, 5) is 17.7. The number of oxazole rings is 1. The van der Waals surface area contributed by atoms with Crippen molar-refractivity contribution in [1.82, 2.24) is 10.3 Å². The topological polar surface area (TPSA) is 152 Å². The molecule has 0 saturated carbocycles. The van der Waals surface area contributed by atoms with Crippen LogP contribution in [0.3, 0.4) is 0 Å². The van der Waals surface area contributed by atoms with Crippen LogP contribution in [0.2, 0.25) is 0 Å². The van der Waals surface area contributed by atoms with Gasteiger partial charge in [-0.15, -0.1) is 0 Å². The second kappa shape index (κ2) is 13.5. The highest BCUT2D eigenvalue weighted by molar-refractivity contribution is 7.92. The summed E-state index contributed by atoms with van der Waals surface area (Å²) < 4.78 is 97.2. The number of halogens is 2. The number of para-hydroxylation sites is 2. The van der Waals surface area contributed by atoms with Crippen LogP contribution in [0.25, 0.3) is 56.0 Å². The average molecular weight is 757 g/mol. The smallest absolute Gasteiger partial charge is 0.255 e. The van der Waals surface area contributed by atoms with Gasteiger partial charge in [0.1, 0.15) is 22.7 Å². The molecule has 15 heteroatoms. The standard InChI is InChI=1S/C38H30F2N4O7S2/c1-41-37(45)34-29-19-27(31(44(2)52(3,46)47)20-33(29)50-36(34)22-14-16-25(39)17-15-22)23-12-13-24(21-53(48,49)43-26-8-5-4-6-9-26)28(18-23)38-42-35-30(40)10-7-11-32(35)51-38/h4-20,43H,21H2,1-3H3,(H,41,45). The molecule has 0 radical (unpaired) electrons. The summed E-state index contributed by atoms with van der Waals surface area (Å²) in [6.07, 6.45) is 1.02. The zero-order valence-electron chi connectivity index (χ0n) is 28.3. The van der Waals surface area contributed by atoms with Gasteiger partial charge in [-0.25, -0.2) is 30.6 Å². The summed E-state index contributed by atoms with van der Waals surface area (Å²) in [6.45, 7) is 0. The fourth-order valence-corrected chi connectivity index (χ4v) is 7.72. The van der Waals surface area contributed by atoms with Gasteiger partial charge >= 0.3 is 0 Å². The number of aromatic nitrogens is 1. The molecule has 270 valence electrons. The largest absolute Gasteiger partial charge is 0.455 e. The van der Waals surface area contributed by atoms with Gasteiger partial charge in [-0.3, -0.25) is 13.8 Å². The molecule has 7 rings (SSSR count). The molecule has 0 aliphatic heterocycles. The van der Waals surface area contributed by atoms with Crippen molar-refractivity contribution in [2.75, 3.05) is 29.4 Å². The van der Waals surface area contributed by atoms with Crippen LogP contribution in [-0.2, 0) is 25.8 Å². The molecule has 2 heterocycles. The Morgan fingerprint density at radius 2 is 1.53 bits per heavy atom. The van der Waals surface area contributed by atoms with E-state index >= 15 is 0 Å². The molecule has 0 bridgehead atoms. The van der Waals surface area contributed by atoms with E-state index in [9.17, 15) is 30.4 Å². The van der Waals surface area contributed by atoms with Gasteiger partial charge in [0.15, 0.2) is 11.4 Å². The Morgan fingerprint density at radius 3 is 2.21 bits per heavy atom. The number of sulfonamides is 2. The van der Waals surface area contributed by atoms with Crippen LogP contribution in [0.15, 0.2) is 112 Å². The van der Waals surface area contributed by atoms with Crippen molar-refractivity contribution in [1.29, 1.82) is 0 Å². The van der Waals surface area contributed by atoms with Crippen molar-refractivity contribution < 1.29 is 39.2 Å². The van der Waals surface area contributed by atoms with Gasteiger partial charge in [-0.2, -0.15) is 0 Å². The molecule has 2 N–H and O–H groups in total. The van der Waals surface area contributed by atoms with Crippen LogP contribution in [0.4, 0.5) is 20.2 Å². The Labute approximate surface area is 303 Å². The first kappa shape index (κ1) is 35.3. The van der Waals surface area contributed by atoms with E-state index in [1.165, 1.54) is 68.7 Å². The van der Waals surface area contributed by atoms with E-state index in [1.807, 2.05) is 0 Å². The SMILES string of the molecule is CNC(=O)c1c(-c2ccc(F)cc2)oc2cc(N(C)S(C)(=O)=O)c(-c3ccc(CS(=O)(=O)Nc4ccccc4)c(-c4nc5c(F)cccc5o4)c3)cc12. The van der Waals surface area contributed by atoms with Crippen LogP contribution in [0.5, 0.6) is 0 Å². The molecule has 0 fully saturated rings. The third-order valence-corrected chi connectivity index (χ3v) is 11.0. The maximum Gasteiger partial charge on any atom is 0.255 e. The maximum absolute atomic E-state index is 14.8. The van der Waals surface area contributed by atoms with Crippen LogP contribution < -0.4 is 14.3 Å². The van der Waals surface area contributed by atoms with Crippen LogP contribution >= 0.6 is 0 Å². The number of carbonyl (C=O) groups excluding carboxylic acids is 1. The fraction of sp³-hybridized carbons (Fsp3) is 0.105. The lowest BCUT2D eigenvalue weighted by molar-refractivity contribution is 0.0964. The van der Waals surface area contributed by atoms with E-state index in [0.717, 1.165) is 10.6 Å². The molecule has 0 unspecified atom stereocenters. The Bertz CT molecular complexity index is 2770. The van der Waals surface area contributed by atoms with E-state index < -0.39 is 43.3 Å². The highest BCUT2D eigenvalue weighted by Crippen LogP contribution is 2.43. The third kappa shape index (κ3) is 6.95. The van der Waals surface area contributed by atoms with Gasteiger partial charge in [0.25, 0.3) is 5.91 Å². The molecular weight excluding hydrogens is 727 g/mol. The fourth-order valence-electron chi connectivity index (χ4n) is 5.98. The molecule has 2 aromatic heterocycles. The molecule has 0 aliphatic rings. The number of rotatable bonds is 10. The molecular formula is C38H30F2N4O7S2. The Hall–Kier alpha value is -6.06. The lowest BCUT2D eigenvalue weighted by Crippen LogP contribution is -2.25. The summed E-state index contributed by atoms with van der Waals surface area (Å²) >= 11 is 0. The second-order valence-electron chi connectivity index (χ2n) is 12.2. The third-order valence-electron chi connectivity index (χ3n) is 8.62. The van der Waals surface area contributed by atoms with Gasteiger partial charge in [-0.05, 0) is 71.8 Å². The highest BCUT2D eigenvalue weighted by atomic mass is 32.2. The summed E-state index contributed by atoms with van der Waals surface area (Å²) in [5.74, 6) is -2.13. The predicted molar refractivity (Wildman–Crippen MR) is 199 cm³/mol. The van der Waals surface area contributed by atoms with E-state index in [1.54, 1.807) is 48.5 Å². The summed E-state index contributed by atoms with van der Waals surface area (Å²) in [6, 6.07) is 25.6. The zero-order chi connectivity index (χ0) is 37.7. The number of furan rings is 1. The number of hydrogen-bond acceptors (Lipinski definition) is 8. The first-order chi connectivity index (χ1) is 25.2. The van der Waals surface area contributed by atoms with Crippen molar-refractivity contribution >= 4 is 59.4 Å². The molecule has 0 aliphatic carbocycles. The summed E-state index contributed by atoms with van der Waals surface area (Å²) in [5.41, 5.74) is 2.38. The minimum atomic E-state index is -4.01. The highest BCUT2D eigenvalue weighted by Gasteiger charge is 2.27. The minimum Gasteiger partial charge on any atom is -0.455 e. The van der Waals surface area contributed by atoms with Gasteiger partial charge in [-0.1, -0.05) is 36.4 Å². The van der Waals surface area contributed by atoms with Crippen molar-refractivity contribution in [3.8, 4) is 33.9 Å². The number of carbonyl (C=O) groups is 1. The lowest BCUT2D eigenvalue weighted by Gasteiger charge is -2.21. The molecule has 11 nitrogen and oxygen atoms in total. The molecule has 0 atom stereocenters. The molecule has 1 amide bonds. The van der Waals surface area contributed by atoms with Crippen molar-refractivity contribution in [2.45, 2.75) is 5.75 Å². The molecule has 53 heavy (non-hydrogen) atoms. The number of anilines is 2. The van der Waals surface area contributed by atoms with Crippen molar-refractivity contribution in [2.24, 2.45) is 0 Å². The van der Waals surface area contributed by atoms with Gasteiger partial charge < -0.3 is 14.2 Å².